The number of carbonyl (C=O) groups is 3. The van der Waals surface area contributed by atoms with Gasteiger partial charge < -0.3 is 14.2 Å². The smallest absolute Gasteiger partial charge is 0.748 e. The monoisotopic (exact) mass is 724 g/mol. The zero-order chi connectivity index (χ0) is 34.2. The summed E-state index contributed by atoms with van der Waals surface area (Å²) in [6, 6.07) is 20.9. The number of anilines is 2. The molecular weight excluding hydrogens is 696 g/mol. The number of nitrogens with zero attached hydrogens (tertiary/aromatic N) is 3. The number of fused-ring (bicyclic) bond motifs is 4. The van der Waals surface area contributed by atoms with Gasteiger partial charge in [-0.1, -0.05) is 78.5 Å². The molecule has 0 bridgehead atoms. The summed E-state index contributed by atoms with van der Waals surface area (Å²) in [4.78, 5) is 43.7. The van der Waals surface area contributed by atoms with Crippen LogP contribution in [-0.4, -0.2) is 72.2 Å². The first-order valence-electron chi connectivity index (χ1n) is 14.8. The average Bonchev–Trinajstić information content (AvgIpc) is 3.57. The van der Waals surface area contributed by atoms with Crippen LogP contribution in [0.15, 0.2) is 107 Å². The molecule has 0 aromatic heterocycles. The van der Waals surface area contributed by atoms with Crippen molar-refractivity contribution in [2.75, 3.05) is 36.6 Å². The average molecular weight is 725 g/mol. The number of hydrogen-bond donors (Lipinski definition) is 1. The summed E-state index contributed by atoms with van der Waals surface area (Å²) in [5.41, 5.74) is 4.76. The second-order valence-corrected chi connectivity index (χ2v) is 14.0. The van der Waals surface area contributed by atoms with Crippen molar-refractivity contribution >= 4 is 68.5 Å². The van der Waals surface area contributed by atoms with Gasteiger partial charge in [-0.3, -0.25) is 24.7 Å². The Hall–Kier alpha value is -3.76. The maximum Gasteiger partial charge on any atom is 1.00 e. The number of hydrogen-bond acceptors (Lipinski definition) is 10. The summed E-state index contributed by atoms with van der Waals surface area (Å²) in [5, 5.41) is 3.65. The van der Waals surface area contributed by atoms with Crippen LogP contribution >= 0.6 is 24.0 Å². The van der Waals surface area contributed by atoms with Crippen LogP contribution in [0.5, 0.6) is 0 Å². The topological polar surface area (TPSA) is 139 Å². The Morgan fingerprint density at radius 1 is 0.939 bits per heavy atom. The fourth-order valence-corrected chi connectivity index (χ4v) is 7.55. The van der Waals surface area contributed by atoms with Crippen LogP contribution in [-0.2, 0) is 24.4 Å². The molecule has 49 heavy (non-hydrogen) atoms. The van der Waals surface area contributed by atoms with E-state index in [2.05, 4.69) is 5.32 Å². The van der Waals surface area contributed by atoms with E-state index in [0.29, 0.717) is 16.4 Å². The molecular formula is C34H29N4NaO7S3. The van der Waals surface area contributed by atoms with Crippen LogP contribution < -0.4 is 39.8 Å². The zero-order valence-corrected chi connectivity index (χ0v) is 31.2. The normalized spacial score (nSPS) is 16.6. The molecule has 2 heterocycles. The van der Waals surface area contributed by atoms with E-state index in [0.717, 1.165) is 27.1 Å². The van der Waals surface area contributed by atoms with Gasteiger partial charge in [-0.05, 0) is 54.1 Å². The molecule has 6 rings (SSSR count). The molecule has 3 aromatic rings. The molecule has 15 heteroatoms. The van der Waals surface area contributed by atoms with Crippen molar-refractivity contribution in [3.8, 4) is 11.1 Å². The zero-order valence-electron chi connectivity index (χ0n) is 26.8. The van der Waals surface area contributed by atoms with Gasteiger partial charge >= 0.3 is 35.7 Å². The molecule has 0 unspecified atom stereocenters. The number of nitrogens with one attached hydrogen (secondary N) is 1. The van der Waals surface area contributed by atoms with E-state index in [1.165, 1.54) is 41.7 Å². The quantitative estimate of drug-likeness (QED) is 0.121. The van der Waals surface area contributed by atoms with Gasteiger partial charge in [0.2, 0.25) is 0 Å². The fraction of sp³-hybridized carbons (Fsp3) is 0.176. The Morgan fingerprint density at radius 2 is 1.53 bits per heavy atom. The maximum absolute atomic E-state index is 13.4. The van der Waals surface area contributed by atoms with Crippen LogP contribution in [0.25, 0.3) is 11.1 Å². The number of thioether (sulfide) groups is 1. The van der Waals surface area contributed by atoms with Crippen molar-refractivity contribution in [3.63, 3.8) is 0 Å². The second kappa shape index (κ2) is 15.0. The number of rotatable bonds is 8. The number of allylic oxidation sites excluding steroid dienone is 4. The van der Waals surface area contributed by atoms with Crippen LogP contribution in [0, 0.1) is 0 Å². The number of ether oxygens (including phenoxy) is 1. The van der Waals surface area contributed by atoms with Crippen molar-refractivity contribution in [2.45, 2.75) is 17.4 Å². The van der Waals surface area contributed by atoms with E-state index in [9.17, 15) is 27.4 Å². The molecule has 1 N–H and O–H groups in total. The molecule has 3 amide bonds. The minimum atomic E-state index is -4.45. The number of para-hydroxylation sites is 1. The van der Waals surface area contributed by atoms with Gasteiger partial charge in [0.1, 0.15) is 5.57 Å². The predicted octanol–water partition coefficient (Wildman–Crippen LogP) is 2.40. The molecule has 1 saturated heterocycles. The summed E-state index contributed by atoms with van der Waals surface area (Å²) < 4.78 is 40.2. The van der Waals surface area contributed by atoms with E-state index in [1.807, 2.05) is 59.5 Å². The first-order valence-corrected chi connectivity index (χ1v) is 17.6. The van der Waals surface area contributed by atoms with Gasteiger partial charge in [0.25, 0.3) is 11.8 Å². The number of carbonyl (C=O) groups excluding carboxylic acids is 3. The number of likely N-dealkylation sites (N-methyl/N-ethyl adjacent to an activating group) is 2. The van der Waals surface area contributed by atoms with E-state index >= 15 is 0 Å². The maximum atomic E-state index is 13.4. The van der Waals surface area contributed by atoms with E-state index < -0.39 is 39.9 Å². The Labute approximate surface area is 315 Å². The van der Waals surface area contributed by atoms with Crippen molar-refractivity contribution in [1.29, 1.82) is 0 Å². The molecule has 1 aliphatic carbocycles. The van der Waals surface area contributed by atoms with Gasteiger partial charge in [0.05, 0.1) is 26.5 Å². The minimum Gasteiger partial charge on any atom is -0.748 e. The number of thiocarbonyl (C=S) groups is 1. The van der Waals surface area contributed by atoms with Crippen molar-refractivity contribution < 1.29 is 61.6 Å². The molecule has 3 aliphatic rings. The number of amides is 3. The van der Waals surface area contributed by atoms with Gasteiger partial charge in [-0.2, -0.15) is 0 Å². The third-order valence-electron chi connectivity index (χ3n) is 8.02. The summed E-state index contributed by atoms with van der Waals surface area (Å²) in [6.45, 7) is 0.156. The van der Waals surface area contributed by atoms with E-state index in [-0.39, 0.29) is 53.2 Å². The molecule has 11 nitrogen and oxygen atoms in total. The SMILES string of the molecule is CN1C(=O)C(=C/C=C/C=C2\Sc3cccc(NC(=O)OC4c5ccccc5-c5ccccc54)c3N2CCCS(=O)(=O)[O-])C(=O)N(C)C1=S.[Na+]. The Morgan fingerprint density at radius 3 is 2.14 bits per heavy atom. The third-order valence-corrected chi connectivity index (χ3v) is 10.5. The minimum absolute atomic E-state index is 0. The Balaban J connectivity index is 0.00000468. The molecule has 0 atom stereocenters. The fourth-order valence-electron chi connectivity index (χ4n) is 5.77. The molecule has 3 aromatic carbocycles. The van der Waals surface area contributed by atoms with Gasteiger partial charge in [-0.25, -0.2) is 13.2 Å². The second-order valence-electron chi connectivity index (χ2n) is 11.1. The van der Waals surface area contributed by atoms with E-state index in [4.69, 9.17) is 17.0 Å². The first kappa shape index (κ1) is 36.5. The summed E-state index contributed by atoms with van der Waals surface area (Å²) in [5.74, 6) is -1.60. The van der Waals surface area contributed by atoms with Crippen LogP contribution in [0.3, 0.4) is 0 Å². The van der Waals surface area contributed by atoms with E-state index in [1.54, 1.807) is 30.4 Å². The molecule has 2 aliphatic heterocycles. The molecule has 246 valence electrons. The third kappa shape index (κ3) is 7.55. The van der Waals surface area contributed by atoms with Crippen molar-refractivity contribution in [3.05, 3.63) is 113 Å². The largest absolute Gasteiger partial charge is 1.00 e. The van der Waals surface area contributed by atoms with Gasteiger partial charge in [-0.15, -0.1) is 0 Å². The Bertz CT molecular complexity index is 1990. The van der Waals surface area contributed by atoms with Gasteiger partial charge in [0.15, 0.2) is 11.2 Å². The van der Waals surface area contributed by atoms with Crippen LogP contribution in [0.4, 0.5) is 16.2 Å². The summed E-state index contributed by atoms with van der Waals surface area (Å²) in [6.07, 6.45) is 5.08. The van der Waals surface area contributed by atoms with Gasteiger partial charge in [0, 0.05) is 42.4 Å². The van der Waals surface area contributed by atoms with Crippen LogP contribution in [0.1, 0.15) is 23.7 Å². The number of benzene rings is 3. The molecule has 0 radical (unpaired) electrons. The Kier molecular flexibility index (Phi) is 11.2. The van der Waals surface area contributed by atoms with Crippen molar-refractivity contribution in [1.82, 2.24) is 9.80 Å². The first-order chi connectivity index (χ1) is 22.9. The molecule has 1 fully saturated rings. The molecule has 0 saturated carbocycles. The predicted molar refractivity (Wildman–Crippen MR) is 186 cm³/mol. The van der Waals surface area contributed by atoms with Crippen LogP contribution in [0.2, 0.25) is 0 Å². The van der Waals surface area contributed by atoms with Crippen molar-refractivity contribution in [2.24, 2.45) is 0 Å². The summed E-state index contributed by atoms with van der Waals surface area (Å²) in [7, 11) is -1.47. The standard InChI is InChI=1S/C34H30N4O7S3.Na/c1-36-31(39)25(32(40)37(2)34(36)46)15-7-8-18-28-38(19-10-20-48(42,43)44)29-26(16-9-17-27(29)47-28)35-33(41)45-30-23-13-5-3-11-21(23)22-12-4-6-14-24(22)30;/h3-9,11-18,30H,10,19-20H2,1-2H3,(H,35,41)(H,42,43,44);/q;+1/p-1/b8-7+,28-18-;. The summed E-state index contributed by atoms with van der Waals surface area (Å²) >= 11 is 6.50. The molecule has 0 spiro atoms.